The fraction of sp³-hybridized carbons (Fsp3) is 0.667. The van der Waals surface area contributed by atoms with Crippen molar-refractivity contribution in [1.29, 1.82) is 0 Å². The summed E-state index contributed by atoms with van der Waals surface area (Å²) in [7, 11) is -4.65. The summed E-state index contributed by atoms with van der Waals surface area (Å²) < 4.78 is 55.8. The minimum Gasteiger partial charge on any atom is -0.373 e. The highest BCUT2D eigenvalue weighted by Crippen LogP contribution is 2.37. The van der Waals surface area contributed by atoms with Crippen LogP contribution in [0.25, 0.3) is 0 Å². The molecule has 26 heavy (non-hydrogen) atoms. The summed E-state index contributed by atoms with van der Waals surface area (Å²) in [5.41, 5.74) is 0.642. The first-order valence-electron chi connectivity index (χ1n) is 9.05. The van der Waals surface area contributed by atoms with Gasteiger partial charge in [-0.25, -0.2) is 21.1 Å². The standard InChI is InChI=1S/C18H27NO5S2/c1-24-18(17-5-3-2-4-6-17)9-11-19(12-10-18)26(22,23)14-8-16-7-13-25(20,21)15-16/h2-6,16H,7-15H2,1H3. The van der Waals surface area contributed by atoms with E-state index in [0.29, 0.717) is 38.8 Å². The average molecular weight is 402 g/mol. The number of sulfone groups is 1. The van der Waals surface area contributed by atoms with Crippen LogP contribution in [-0.2, 0) is 30.2 Å². The topological polar surface area (TPSA) is 80.8 Å². The molecule has 0 N–H and O–H groups in total. The molecule has 2 fully saturated rings. The van der Waals surface area contributed by atoms with Crippen LogP contribution >= 0.6 is 0 Å². The van der Waals surface area contributed by atoms with Crippen molar-refractivity contribution in [3.8, 4) is 0 Å². The van der Waals surface area contributed by atoms with Gasteiger partial charge in [-0.3, -0.25) is 0 Å². The van der Waals surface area contributed by atoms with E-state index in [1.165, 1.54) is 4.31 Å². The van der Waals surface area contributed by atoms with Crippen molar-refractivity contribution >= 4 is 19.9 Å². The van der Waals surface area contributed by atoms with Crippen LogP contribution < -0.4 is 0 Å². The Kier molecular flexibility index (Phi) is 5.77. The molecule has 2 heterocycles. The minimum atomic E-state index is -3.37. The van der Waals surface area contributed by atoms with Gasteiger partial charge in [-0.15, -0.1) is 0 Å². The third-order valence-electron chi connectivity index (χ3n) is 5.72. The van der Waals surface area contributed by atoms with Crippen LogP contribution in [0.4, 0.5) is 0 Å². The largest absolute Gasteiger partial charge is 0.373 e. The van der Waals surface area contributed by atoms with Crippen molar-refractivity contribution in [3.63, 3.8) is 0 Å². The van der Waals surface area contributed by atoms with Gasteiger partial charge >= 0.3 is 0 Å². The summed E-state index contributed by atoms with van der Waals surface area (Å²) in [6, 6.07) is 9.93. The van der Waals surface area contributed by atoms with Gasteiger partial charge in [0.1, 0.15) is 0 Å². The average Bonchev–Trinajstić information content (AvgIpc) is 3.00. The third kappa shape index (κ3) is 4.30. The van der Waals surface area contributed by atoms with Crippen molar-refractivity contribution in [2.75, 3.05) is 37.5 Å². The lowest BCUT2D eigenvalue weighted by Crippen LogP contribution is -2.46. The van der Waals surface area contributed by atoms with Crippen molar-refractivity contribution in [3.05, 3.63) is 35.9 Å². The lowest BCUT2D eigenvalue weighted by Gasteiger charge is -2.40. The van der Waals surface area contributed by atoms with Crippen LogP contribution in [0.5, 0.6) is 0 Å². The molecule has 0 aromatic heterocycles. The first kappa shape index (κ1) is 19.8. The van der Waals surface area contributed by atoms with Crippen LogP contribution in [0.3, 0.4) is 0 Å². The predicted molar refractivity (Wildman–Crippen MR) is 101 cm³/mol. The number of rotatable bonds is 6. The summed E-state index contributed by atoms with van der Waals surface area (Å²) in [6.07, 6.45) is 2.24. The summed E-state index contributed by atoms with van der Waals surface area (Å²) in [4.78, 5) is 0. The third-order valence-corrected chi connectivity index (χ3v) is 9.47. The zero-order chi connectivity index (χ0) is 18.8. The maximum Gasteiger partial charge on any atom is 0.214 e. The Morgan fingerprint density at radius 1 is 1.19 bits per heavy atom. The van der Waals surface area contributed by atoms with Crippen LogP contribution in [0, 0.1) is 5.92 Å². The van der Waals surface area contributed by atoms with Crippen LogP contribution in [-0.4, -0.2) is 58.6 Å². The highest BCUT2D eigenvalue weighted by molar-refractivity contribution is 7.91. The van der Waals surface area contributed by atoms with Gasteiger partial charge in [0.05, 0.1) is 22.9 Å². The van der Waals surface area contributed by atoms with E-state index < -0.39 is 25.5 Å². The van der Waals surface area contributed by atoms with Crippen LogP contribution in [0.15, 0.2) is 30.3 Å². The second kappa shape index (κ2) is 7.58. The Morgan fingerprint density at radius 2 is 1.85 bits per heavy atom. The molecule has 2 aliphatic rings. The van der Waals surface area contributed by atoms with Crippen LogP contribution in [0.2, 0.25) is 0 Å². The molecule has 3 rings (SSSR count). The molecule has 1 atom stereocenters. The molecule has 0 bridgehead atoms. The van der Waals surface area contributed by atoms with Gasteiger partial charge in [0.15, 0.2) is 9.84 Å². The van der Waals surface area contributed by atoms with E-state index in [-0.39, 0.29) is 23.2 Å². The second-order valence-electron chi connectivity index (χ2n) is 7.34. The van der Waals surface area contributed by atoms with E-state index in [1.807, 2.05) is 30.3 Å². The van der Waals surface area contributed by atoms with Gasteiger partial charge in [0.2, 0.25) is 10.0 Å². The molecule has 1 unspecified atom stereocenters. The minimum absolute atomic E-state index is 0.0260. The lowest BCUT2D eigenvalue weighted by molar-refractivity contribution is -0.0507. The molecule has 1 aromatic carbocycles. The van der Waals surface area contributed by atoms with E-state index in [9.17, 15) is 16.8 Å². The van der Waals surface area contributed by atoms with E-state index in [2.05, 4.69) is 0 Å². The molecule has 6 nitrogen and oxygen atoms in total. The molecule has 8 heteroatoms. The Morgan fingerprint density at radius 3 is 2.38 bits per heavy atom. The molecule has 0 saturated carbocycles. The smallest absolute Gasteiger partial charge is 0.214 e. The van der Waals surface area contributed by atoms with Gasteiger partial charge in [-0.05, 0) is 37.2 Å². The lowest BCUT2D eigenvalue weighted by atomic mass is 9.85. The summed E-state index contributed by atoms with van der Waals surface area (Å²) >= 11 is 0. The molecule has 1 aromatic rings. The molecule has 2 aliphatic heterocycles. The van der Waals surface area contributed by atoms with Crippen molar-refractivity contribution in [2.24, 2.45) is 5.92 Å². The van der Waals surface area contributed by atoms with Gasteiger partial charge in [0.25, 0.3) is 0 Å². The monoisotopic (exact) mass is 401 g/mol. The van der Waals surface area contributed by atoms with Crippen molar-refractivity contribution < 1.29 is 21.6 Å². The van der Waals surface area contributed by atoms with Crippen LogP contribution in [0.1, 0.15) is 31.2 Å². The quantitative estimate of drug-likeness (QED) is 0.726. The van der Waals surface area contributed by atoms with Gasteiger partial charge in [-0.1, -0.05) is 30.3 Å². The maximum absolute atomic E-state index is 12.7. The Labute approximate surface area is 156 Å². The van der Waals surface area contributed by atoms with E-state index in [0.717, 1.165) is 5.56 Å². The number of hydrogen-bond acceptors (Lipinski definition) is 5. The first-order chi connectivity index (χ1) is 12.3. The zero-order valence-corrected chi connectivity index (χ0v) is 16.8. The molecule has 0 radical (unpaired) electrons. The second-order valence-corrected chi connectivity index (χ2v) is 11.7. The van der Waals surface area contributed by atoms with Crippen molar-refractivity contribution in [2.45, 2.75) is 31.3 Å². The number of hydrogen-bond donors (Lipinski definition) is 0. The Hall–Kier alpha value is -0.960. The van der Waals surface area contributed by atoms with E-state index in [4.69, 9.17) is 4.74 Å². The molecule has 2 saturated heterocycles. The fourth-order valence-electron chi connectivity index (χ4n) is 4.02. The predicted octanol–water partition coefficient (Wildman–Crippen LogP) is 1.78. The molecule has 0 amide bonds. The molecular weight excluding hydrogens is 374 g/mol. The Balaban J connectivity index is 1.60. The normalized spacial score (nSPS) is 26.0. The summed E-state index contributed by atoms with van der Waals surface area (Å²) in [6.45, 7) is 0.849. The molecule has 0 spiro atoms. The highest BCUT2D eigenvalue weighted by Gasteiger charge is 2.39. The number of piperidine rings is 1. The summed E-state index contributed by atoms with van der Waals surface area (Å²) in [5.74, 6) is 0.318. The Bertz CT molecular complexity index is 812. The van der Waals surface area contributed by atoms with Gasteiger partial charge < -0.3 is 4.74 Å². The number of methoxy groups -OCH3 is 1. The number of sulfonamides is 1. The first-order valence-corrected chi connectivity index (χ1v) is 12.5. The van der Waals surface area contributed by atoms with E-state index >= 15 is 0 Å². The number of nitrogens with zero attached hydrogens (tertiary/aromatic N) is 1. The molecule has 146 valence electrons. The maximum atomic E-state index is 12.7. The SMILES string of the molecule is COC1(c2ccccc2)CCN(S(=O)(=O)CCC2CCS(=O)(=O)C2)CC1. The fourth-order valence-corrected chi connectivity index (χ4v) is 7.56. The van der Waals surface area contributed by atoms with E-state index in [1.54, 1.807) is 7.11 Å². The highest BCUT2D eigenvalue weighted by atomic mass is 32.2. The molecule has 0 aliphatic carbocycles. The summed E-state index contributed by atoms with van der Waals surface area (Å²) in [5, 5.41) is 0. The molecular formula is C18H27NO5S2. The zero-order valence-electron chi connectivity index (χ0n) is 15.1. The number of benzene rings is 1. The van der Waals surface area contributed by atoms with Gasteiger partial charge in [0, 0.05) is 20.2 Å². The van der Waals surface area contributed by atoms with Crippen molar-refractivity contribution in [1.82, 2.24) is 4.31 Å². The van der Waals surface area contributed by atoms with Gasteiger partial charge in [-0.2, -0.15) is 0 Å². The number of ether oxygens (including phenoxy) is 1.